The molecule has 1 atom stereocenters. The maximum atomic E-state index is 11.5. The number of carboxylic acid groups (broad SMARTS) is 1. The highest BCUT2D eigenvalue weighted by Crippen LogP contribution is 2.27. The summed E-state index contributed by atoms with van der Waals surface area (Å²) < 4.78 is 23.1. The van der Waals surface area contributed by atoms with Crippen LogP contribution in [-0.4, -0.2) is 60.5 Å². The number of aromatic nitrogens is 1. The number of nitrogens with one attached hydrogen (secondary N) is 1. The van der Waals surface area contributed by atoms with Crippen molar-refractivity contribution >= 4 is 15.8 Å². The zero-order valence-electron chi connectivity index (χ0n) is 11.4. The maximum absolute atomic E-state index is 11.5. The molecule has 3 rings (SSSR count). The lowest BCUT2D eigenvalue weighted by Gasteiger charge is -2.37. The van der Waals surface area contributed by atoms with Crippen LogP contribution in [0.3, 0.4) is 0 Å². The van der Waals surface area contributed by atoms with E-state index in [1.165, 1.54) is 6.07 Å². The first kappa shape index (κ1) is 14.4. The number of hydrogen-bond acceptors (Lipinski definition) is 6. The van der Waals surface area contributed by atoms with Crippen molar-refractivity contribution in [2.45, 2.75) is 12.6 Å². The number of pyridine rings is 1. The minimum Gasteiger partial charge on any atom is -0.477 e. The Hall–Kier alpha value is -1.51. The zero-order valence-corrected chi connectivity index (χ0v) is 12.3. The van der Waals surface area contributed by atoms with E-state index < -0.39 is 15.8 Å². The van der Waals surface area contributed by atoms with Crippen molar-refractivity contribution in [2.75, 3.05) is 31.1 Å². The van der Waals surface area contributed by atoms with Crippen LogP contribution >= 0.6 is 0 Å². The minimum atomic E-state index is -2.93. The van der Waals surface area contributed by atoms with Gasteiger partial charge in [-0.1, -0.05) is 6.07 Å². The maximum Gasteiger partial charge on any atom is 0.354 e. The fourth-order valence-corrected chi connectivity index (χ4v) is 4.07. The lowest BCUT2D eigenvalue weighted by Crippen LogP contribution is -2.47. The van der Waals surface area contributed by atoms with Gasteiger partial charge >= 0.3 is 5.97 Å². The summed E-state index contributed by atoms with van der Waals surface area (Å²) >= 11 is 0. The molecule has 1 aromatic heterocycles. The molecule has 8 heteroatoms. The number of aromatic carboxylic acids is 1. The highest BCUT2D eigenvalue weighted by molar-refractivity contribution is 7.91. The largest absolute Gasteiger partial charge is 0.477 e. The molecule has 1 saturated heterocycles. The van der Waals surface area contributed by atoms with Gasteiger partial charge in [0.25, 0.3) is 0 Å². The molecule has 0 aromatic carbocycles. The zero-order chi connectivity index (χ0) is 15.0. The van der Waals surface area contributed by atoms with Gasteiger partial charge in [0.2, 0.25) is 0 Å². The van der Waals surface area contributed by atoms with Gasteiger partial charge in [-0.15, -0.1) is 0 Å². The van der Waals surface area contributed by atoms with E-state index in [2.05, 4.69) is 15.2 Å². The van der Waals surface area contributed by atoms with Crippen molar-refractivity contribution in [3.63, 3.8) is 0 Å². The monoisotopic (exact) mass is 311 g/mol. The average molecular weight is 311 g/mol. The number of nitrogens with zero attached hydrogens (tertiary/aromatic N) is 2. The van der Waals surface area contributed by atoms with Gasteiger partial charge in [-0.2, -0.15) is 0 Å². The van der Waals surface area contributed by atoms with Crippen LogP contribution in [0, 0.1) is 0 Å². The molecule has 0 aliphatic carbocycles. The predicted octanol–water partition coefficient (Wildman–Crippen LogP) is -0.345. The normalized spacial score (nSPS) is 25.2. The summed E-state index contributed by atoms with van der Waals surface area (Å²) in [5, 5.41) is 12.4. The van der Waals surface area contributed by atoms with Crippen molar-refractivity contribution in [3.05, 3.63) is 29.1 Å². The van der Waals surface area contributed by atoms with Gasteiger partial charge in [0, 0.05) is 26.2 Å². The molecular weight excluding hydrogens is 294 g/mol. The van der Waals surface area contributed by atoms with Crippen molar-refractivity contribution in [3.8, 4) is 0 Å². The molecule has 1 fully saturated rings. The molecule has 114 valence electrons. The van der Waals surface area contributed by atoms with E-state index in [4.69, 9.17) is 5.11 Å². The van der Waals surface area contributed by atoms with Gasteiger partial charge in [0.15, 0.2) is 9.84 Å². The molecule has 0 bridgehead atoms. The number of carboxylic acids is 1. The third-order valence-corrected chi connectivity index (χ3v) is 5.63. The fourth-order valence-electron chi connectivity index (χ4n) is 2.84. The van der Waals surface area contributed by atoms with E-state index in [9.17, 15) is 13.2 Å². The Morgan fingerprint density at radius 2 is 2.05 bits per heavy atom. The average Bonchev–Trinajstić information content (AvgIpc) is 2.46. The van der Waals surface area contributed by atoms with Crippen LogP contribution in [0.25, 0.3) is 0 Å². The molecule has 3 heterocycles. The SMILES string of the molecule is O=C(O)c1ccc2c(n1)C(N1CCS(=O)(=O)CC1)CNC2. The Balaban J connectivity index is 1.89. The fraction of sp³-hybridized carbons (Fsp3) is 0.538. The quantitative estimate of drug-likeness (QED) is 0.770. The standard InChI is InChI=1S/C13H17N3O4S/c17-13(18)10-2-1-9-7-14-8-11(12(9)15-10)16-3-5-21(19,20)6-4-16/h1-2,11,14H,3-8H2,(H,17,18). The molecule has 1 unspecified atom stereocenters. The van der Waals surface area contributed by atoms with Crippen LogP contribution in [0.5, 0.6) is 0 Å². The molecule has 21 heavy (non-hydrogen) atoms. The number of hydrogen-bond donors (Lipinski definition) is 2. The first-order valence-corrected chi connectivity index (χ1v) is 8.67. The predicted molar refractivity (Wildman–Crippen MR) is 75.9 cm³/mol. The van der Waals surface area contributed by atoms with Crippen LogP contribution in [0.4, 0.5) is 0 Å². The van der Waals surface area contributed by atoms with E-state index in [1.807, 2.05) is 0 Å². The van der Waals surface area contributed by atoms with Crippen molar-refractivity contribution < 1.29 is 18.3 Å². The number of rotatable bonds is 2. The third-order valence-electron chi connectivity index (χ3n) is 4.02. The third kappa shape index (κ3) is 2.92. The van der Waals surface area contributed by atoms with Gasteiger partial charge < -0.3 is 10.4 Å². The first-order valence-electron chi connectivity index (χ1n) is 6.84. The van der Waals surface area contributed by atoms with E-state index in [-0.39, 0.29) is 23.2 Å². The molecule has 0 amide bonds. The Morgan fingerprint density at radius 1 is 1.33 bits per heavy atom. The molecule has 0 spiro atoms. The summed E-state index contributed by atoms with van der Waals surface area (Å²) in [4.78, 5) is 17.4. The second-order valence-corrected chi connectivity index (χ2v) is 7.68. The molecule has 1 aromatic rings. The number of sulfone groups is 1. The summed E-state index contributed by atoms with van der Waals surface area (Å²) in [5.41, 5.74) is 1.77. The van der Waals surface area contributed by atoms with E-state index in [1.54, 1.807) is 6.07 Å². The van der Waals surface area contributed by atoms with Crippen LogP contribution in [0.15, 0.2) is 12.1 Å². The summed E-state index contributed by atoms with van der Waals surface area (Å²) in [6, 6.07) is 3.22. The summed E-state index contributed by atoms with van der Waals surface area (Å²) in [5.74, 6) is -0.745. The van der Waals surface area contributed by atoms with Crippen LogP contribution in [-0.2, 0) is 16.4 Å². The van der Waals surface area contributed by atoms with Crippen molar-refractivity contribution in [1.82, 2.24) is 15.2 Å². The lowest BCUT2D eigenvalue weighted by molar-refractivity contribution is 0.0689. The molecule has 0 saturated carbocycles. The Kier molecular flexibility index (Phi) is 3.68. The van der Waals surface area contributed by atoms with Gasteiger partial charge in [0.1, 0.15) is 5.69 Å². The molecule has 0 radical (unpaired) electrons. The molecule has 2 aliphatic heterocycles. The van der Waals surface area contributed by atoms with Gasteiger partial charge in [0.05, 0.1) is 23.2 Å². The number of carbonyl (C=O) groups is 1. The van der Waals surface area contributed by atoms with E-state index in [0.717, 1.165) is 11.3 Å². The highest BCUT2D eigenvalue weighted by atomic mass is 32.2. The molecule has 7 nitrogen and oxygen atoms in total. The van der Waals surface area contributed by atoms with Crippen molar-refractivity contribution in [1.29, 1.82) is 0 Å². The number of fused-ring (bicyclic) bond motifs is 1. The molecule has 2 N–H and O–H groups in total. The summed E-state index contributed by atoms with van der Waals surface area (Å²) in [7, 11) is -2.93. The lowest BCUT2D eigenvalue weighted by atomic mass is 10.0. The first-order chi connectivity index (χ1) is 9.96. The van der Waals surface area contributed by atoms with Crippen LogP contribution in [0.2, 0.25) is 0 Å². The Bertz CT molecular complexity index is 660. The highest BCUT2D eigenvalue weighted by Gasteiger charge is 2.32. The second-order valence-electron chi connectivity index (χ2n) is 5.38. The summed E-state index contributed by atoms with van der Waals surface area (Å²) in [6.45, 7) is 2.24. The van der Waals surface area contributed by atoms with Gasteiger partial charge in [-0.05, 0) is 11.6 Å². The Morgan fingerprint density at radius 3 is 2.71 bits per heavy atom. The van der Waals surface area contributed by atoms with Gasteiger partial charge in [-0.25, -0.2) is 18.2 Å². The van der Waals surface area contributed by atoms with Crippen LogP contribution in [0.1, 0.15) is 27.8 Å². The van der Waals surface area contributed by atoms with Crippen molar-refractivity contribution in [2.24, 2.45) is 0 Å². The molecular formula is C13H17N3O4S. The van der Waals surface area contributed by atoms with E-state index in [0.29, 0.717) is 26.2 Å². The minimum absolute atomic E-state index is 0.0327. The smallest absolute Gasteiger partial charge is 0.354 e. The molecule has 2 aliphatic rings. The van der Waals surface area contributed by atoms with E-state index >= 15 is 0 Å². The van der Waals surface area contributed by atoms with Crippen LogP contribution < -0.4 is 5.32 Å². The second kappa shape index (κ2) is 5.36. The topological polar surface area (TPSA) is 99.6 Å². The summed E-state index contributed by atoms with van der Waals surface area (Å²) in [6.07, 6.45) is 0. The van der Waals surface area contributed by atoms with Gasteiger partial charge in [-0.3, -0.25) is 4.90 Å². The Labute approximate surface area is 122 Å².